The maximum atomic E-state index is 10.9. The van der Waals surface area contributed by atoms with E-state index in [2.05, 4.69) is 0 Å². The minimum atomic E-state index is -2.88. The van der Waals surface area contributed by atoms with Crippen LogP contribution in [0, 0.1) is 13.8 Å². The van der Waals surface area contributed by atoms with Gasteiger partial charge in [-0.1, -0.05) is 17.7 Å². The van der Waals surface area contributed by atoms with E-state index in [9.17, 15) is 8.42 Å². The Bertz CT molecular complexity index is 449. The third-order valence-electron chi connectivity index (χ3n) is 2.25. The average molecular weight is 242 g/mol. The van der Waals surface area contributed by atoms with Crippen LogP contribution >= 0.6 is 0 Å². The Labute approximate surface area is 97.4 Å². The minimum absolute atomic E-state index is 0.178. The largest absolute Gasteiger partial charge is 0.493 e. The molecule has 0 unspecified atom stereocenters. The smallest absolute Gasteiger partial charge is 0.147 e. The van der Waals surface area contributed by atoms with Crippen LogP contribution in [0.4, 0.5) is 0 Å². The van der Waals surface area contributed by atoms with Crippen LogP contribution in [0.2, 0.25) is 0 Å². The summed E-state index contributed by atoms with van der Waals surface area (Å²) in [5.74, 6) is 1.01. The van der Waals surface area contributed by atoms with Gasteiger partial charge >= 0.3 is 0 Å². The van der Waals surface area contributed by atoms with E-state index in [1.807, 2.05) is 32.0 Å². The summed E-state index contributed by atoms with van der Waals surface area (Å²) < 4.78 is 27.3. The summed E-state index contributed by atoms with van der Waals surface area (Å²) in [5, 5.41) is 0. The van der Waals surface area contributed by atoms with Crippen molar-refractivity contribution in [3.63, 3.8) is 0 Å². The van der Waals surface area contributed by atoms with E-state index < -0.39 is 9.84 Å². The molecule has 0 bridgehead atoms. The summed E-state index contributed by atoms with van der Waals surface area (Å²) in [6.07, 6.45) is 1.77. The van der Waals surface area contributed by atoms with E-state index in [0.717, 1.165) is 11.3 Å². The maximum Gasteiger partial charge on any atom is 0.147 e. The monoisotopic (exact) mass is 242 g/mol. The number of benzene rings is 1. The van der Waals surface area contributed by atoms with Crippen molar-refractivity contribution < 1.29 is 13.2 Å². The fraction of sp³-hybridized carbons (Fsp3) is 0.500. The second-order valence-corrected chi connectivity index (χ2v) is 6.36. The first-order chi connectivity index (χ1) is 7.38. The molecule has 3 nitrogen and oxygen atoms in total. The normalized spacial score (nSPS) is 11.4. The van der Waals surface area contributed by atoms with E-state index in [0.29, 0.717) is 13.0 Å². The molecule has 0 spiro atoms. The maximum absolute atomic E-state index is 10.9. The van der Waals surface area contributed by atoms with Gasteiger partial charge in [0.1, 0.15) is 15.6 Å². The van der Waals surface area contributed by atoms with Crippen LogP contribution in [0.5, 0.6) is 5.75 Å². The van der Waals surface area contributed by atoms with Gasteiger partial charge in [0.15, 0.2) is 0 Å². The molecule has 0 saturated carbocycles. The molecule has 0 amide bonds. The van der Waals surface area contributed by atoms with Gasteiger partial charge in [-0.2, -0.15) is 0 Å². The molecule has 16 heavy (non-hydrogen) atoms. The van der Waals surface area contributed by atoms with Gasteiger partial charge in [0.2, 0.25) is 0 Å². The molecule has 0 aliphatic carbocycles. The van der Waals surface area contributed by atoms with Gasteiger partial charge < -0.3 is 4.74 Å². The fourth-order valence-electron chi connectivity index (χ4n) is 1.46. The summed E-state index contributed by atoms with van der Waals surface area (Å²) in [5.41, 5.74) is 2.28. The van der Waals surface area contributed by atoms with Crippen molar-refractivity contribution >= 4 is 9.84 Å². The highest BCUT2D eigenvalue weighted by molar-refractivity contribution is 7.90. The Balaban J connectivity index is 2.43. The number of hydrogen-bond acceptors (Lipinski definition) is 3. The molecule has 0 aliphatic heterocycles. The number of aryl methyl sites for hydroxylation is 2. The lowest BCUT2D eigenvalue weighted by Gasteiger charge is -2.09. The van der Waals surface area contributed by atoms with Crippen LogP contribution in [0.25, 0.3) is 0 Å². The van der Waals surface area contributed by atoms with Gasteiger partial charge in [0.25, 0.3) is 0 Å². The highest BCUT2D eigenvalue weighted by Gasteiger charge is 2.03. The van der Waals surface area contributed by atoms with E-state index in [1.54, 1.807) is 0 Å². The van der Waals surface area contributed by atoms with Crippen LogP contribution in [0.15, 0.2) is 18.2 Å². The molecule has 0 heterocycles. The zero-order valence-corrected chi connectivity index (χ0v) is 10.8. The molecule has 1 rings (SSSR count). The molecule has 0 saturated heterocycles. The summed E-state index contributed by atoms with van der Waals surface area (Å²) in [6.45, 7) is 4.45. The summed E-state index contributed by atoms with van der Waals surface area (Å²) >= 11 is 0. The Kier molecular flexibility index (Phi) is 4.35. The zero-order valence-electron chi connectivity index (χ0n) is 9.99. The predicted molar refractivity (Wildman–Crippen MR) is 65.7 cm³/mol. The molecule has 1 aromatic rings. The standard InChI is InChI=1S/C12H18O3S/c1-10-5-6-12(11(2)9-10)15-7-4-8-16(3,13)14/h5-6,9H,4,7-8H2,1-3H3. The van der Waals surface area contributed by atoms with Crippen molar-refractivity contribution in [3.8, 4) is 5.75 Å². The molecular weight excluding hydrogens is 224 g/mol. The lowest BCUT2D eigenvalue weighted by atomic mass is 10.1. The summed E-state index contributed by atoms with van der Waals surface area (Å²) in [7, 11) is -2.88. The summed E-state index contributed by atoms with van der Waals surface area (Å²) in [4.78, 5) is 0. The summed E-state index contributed by atoms with van der Waals surface area (Å²) in [6, 6.07) is 5.95. The van der Waals surface area contributed by atoms with Crippen molar-refractivity contribution in [2.24, 2.45) is 0 Å². The Morgan fingerprint density at radius 3 is 2.50 bits per heavy atom. The van der Waals surface area contributed by atoms with Crippen LogP contribution in [0.1, 0.15) is 17.5 Å². The number of sulfone groups is 1. The van der Waals surface area contributed by atoms with Gasteiger partial charge in [0.05, 0.1) is 12.4 Å². The van der Waals surface area contributed by atoms with Gasteiger partial charge in [-0.15, -0.1) is 0 Å². The van der Waals surface area contributed by atoms with Crippen molar-refractivity contribution in [2.45, 2.75) is 20.3 Å². The average Bonchev–Trinajstić information content (AvgIpc) is 2.13. The zero-order chi connectivity index (χ0) is 12.2. The molecule has 0 atom stereocenters. The van der Waals surface area contributed by atoms with Crippen molar-refractivity contribution in [1.82, 2.24) is 0 Å². The SMILES string of the molecule is Cc1ccc(OCCCS(C)(=O)=O)c(C)c1. The van der Waals surface area contributed by atoms with Gasteiger partial charge in [-0.3, -0.25) is 0 Å². The van der Waals surface area contributed by atoms with Crippen LogP contribution in [0.3, 0.4) is 0 Å². The third kappa shape index (κ3) is 4.66. The molecule has 0 N–H and O–H groups in total. The van der Waals surface area contributed by atoms with Crippen molar-refractivity contribution in [1.29, 1.82) is 0 Å². The molecule has 4 heteroatoms. The van der Waals surface area contributed by atoms with E-state index in [-0.39, 0.29) is 5.75 Å². The lowest BCUT2D eigenvalue weighted by Crippen LogP contribution is -2.08. The van der Waals surface area contributed by atoms with Gasteiger partial charge in [0, 0.05) is 6.26 Å². The highest BCUT2D eigenvalue weighted by Crippen LogP contribution is 2.18. The fourth-order valence-corrected chi connectivity index (χ4v) is 2.11. The third-order valence-corrected chi connectivity index (χ3v) is 3.28. The van der Waals surface area contributed by atoms with Crippen LogP contribution in [-0.2, 0) is 9.84 Å². The Hall–Kier alpha value is -1.03. The minimum Gasteiger partial charge on any atom is -0.493 e. The van der Waals surface area contributed by atoms with Gasteiger partial charge in [-0.25, -0.2) is 8.42 Å². The van der Waals surface area contributed by atoms with E-state index in [1.165, 1.54) is 11.8 Å². The first-order valence-electron chi connectivity index (χ1n) is 5.26. The second kappa shape index (κ2) is 5.34. The molecular formula is C12H18O3S. The predicted octanol–water partition coefficient (Wildman–Crippen LogP) is 2.12. The number of ether oxygens (including phenoxy) is 1. The Morgan fingerprint density at radius 1 is 1.25 bits per heavy atom. The molecule has 0 aliphatic rings. The Morgan fingerprint density at radius 2 is 1.94 bits per heavy atom. The second-order valence-electron chi connectivity index (χ2n) is 4.10. The first kappa shape index (κ1) is 13.0. The molecule has 0 radical (unpaired) electrons. The number of hydrogen-bond donors (Lipinski definition) is 0. The van der Waals surface area contributed by atoms with E-state index >= 15 is 0 Å². The molecule has 90 valence electrons. The molecule has 0 fully saturated rings. The van der Waals surface area contributed by atoms with Gasteiger partial charge in [-0.05, 0) is 31.9 Å². The lowest BCUT2D eigenvalue weighted by molar-refractivity contribution is 0.315. The molecule has 1 aromatic carbocycles. The highest BCUT2D eigenvalue weighted by atomic mass is 32.2. The van der Waals surface area contributed by atoms with Crippen molar-refractivity contribution in [2.75, 3.05) is 18.6 Å². The topological polar surface area (TPSA) is 43.4 Å². The van der Waals surface area contributed by atoms with Crippen molar-refractivity contribution in [3.05, 3.63) is 29.3 Å². The van der Waals surface area contributed by atoms with Crippen LogP contribution < -0.4 is 4.74 Å². The van der Waals surface area contributed by atoms with E-state index in [4.69, 9.17) is 4.74 Å². The quantitative estimate of drug-likeness (QED) is 0.743. The number of rotatable bonds is 5. The first-order valence-corrected chi connectivity index (χ1v) is 7.32. The van der Waals surface area contributed by atoms with Crippen LogP contribution in [-0.4, -0.2) is 27.0 Å². The molecule has 0 aromatic heterocycles.